The number of amides is 2. The number of halogens is 1. The van der Waals surface area contributed by atoms with Crippen LogP contribution in [0.1, 0.15) is 10.4 Å². The second-order valence-electron chi connectivity index (χ2n) is 7.60. The van der Waals surface area contributed by atoms with E-state index in [-0.39, 0.29) is 11.6 Å². The van der Waals surface area contributed by atoms with Crippen LogP contribution in [0.5, 0.6) is 0 Å². The van der Waals surface area contributed by atoms with E-state index < -0.39 is 5.97 Å². The van der Waals surface area contributed by atoms with Gasteiger partial charge in [-0.3, -0.25) is 0 Å². The SMILES string of the molecule is O=C(Nc1ccc(-c2ncnc3c(-c4ccc(C(=O)O)cc4)csc23)cc1)Nc1cccc(Cl)c1. The molecule has 0 aliphatic rings. The minimum atomic E-state index is -0.962. The number of aromatic nitrogens is 2. The summed E-state index contributed by atoms with van der Waals surface area (Å²) in [6.45, 7) is 0. The highest BCUT2D eigenvalue weighted by Gasteiger charge is 2.14. The van der Waals surface area contributed by atoms with E-state index in [0.29, 0.717) is 16.4 Å². The maximum Gasteiger partial charge on any atom is 0.335 e. The number of carbonyl (C=O) groups excluding carboxylic acids is 1. The van der Waals surface area contributed by atoms with Crippen molar-refractivity contribution in [3.63, 3.8) is 0 Å². The first-order chi connectivity index (χ1) is 17.0. The summed E-state index contributed by atoms with van der Waals surface area (Å²) >= 11 is 7.48. The van der Waals surface area contributed by atoms with Crippen molar-refractivity contribution < 1.29 is 14.7 Å². The summed E-state index contributed by atoms with van der Waals surface area (Å²) in [6, 6.07) is 20.6. The number of hydrogen-bond donors (Lipinski definition) is 3. The normalized spacial score (nSPS) is 10.8. The molecule has 0 atom stereocenters. The highest BCUT2D eigenvalue weighted by Crippen LogP contribution is 2.37. The molecular formula is C26H17ClN4O3S. The van der Waals surface area contributed by atoms with Crippen LogP contribution < -0.4 is 10.6 Å². The molecule has 0 bridgehead atoms. The van der Waals surface area contributed by atoms with Gasteiger partial charge in [-0.05, 0) is 48.0 Å². The predicted octanol–water partition coefficient (Wildman–Crippen LogP) is 7.02. The number of carboxylic acid groups (broad SMARTS) is 1. The molecule has 0 aliphatic heterocycles. The summed E-state index contributed by atoms with van der Waals surface area (Å²) in [5.41, 5.74) is 5.73. The Balaban J connectivity index is 1.37. The van der Waals surface area contributed by atoms with Gasteiger partial charge in [-0.25, -0.2) is 19.6 Å². The number of aromatic carboxylic acids is 1. The number of carboxylic acids is 1. The fraction of sp³-hybridized carbons (Fsp3) is 0. The Hall–Kier alpha value is -4.27. The molecule has 172 valence electrons. The van der Waals surface area contributed by atoms with Crippen molar-refractivity contribution in [2.24, 2.45) is 0 Å². The summed E-state index contributed by atoms with van der Waals surface area (Å²) in [6.07, 6.45) is 1.52. The molecule has 0 fully saturated rings. The molecule has 5 aromatic rings. The average Bonchev–Trinajstić information content (AvgIpc) is 3.29. The number of benzene rings is 3. The second-order valence-corrected chi connectivity index (χ2v) is 8.91. The fourth-order valence-electron chi connectivity index (χ4n) is 3.62. The Morgan fingerprint density at radius 1 is 0.857 bits per heavy atom. The zero-order valence-corrected chi connectivity index (χ0v) is 19.6. The summed E-state index contributed by atoms with van der Waals surface area (Å²) in [5, 5.41) is 17.2. The van der Waals surface area contributed by atoms with Crippen molar-refractivity contribution in [3.8, 4) is 22.4 Å². The van der Waals surface area contributed by atoms with Gasteiger partial charge in [0, 0.05) is 32.9 Å². The van der Waals surface area contributed by atoms with Crippen molar-refractivity contribution in [1.82, 2.24) is 9.97 Å². The molecule has 2 heterocycles. The van der Waals surface area contributed by atoms with Gasteiger partial charge in [-0.2, -0.15) is 0 Å². The Morgan fingerprint density at radius 3 is 2.29 bits per heavy atom. The van der Waals surface area contributed by atoms with Crippen LogP contribution in [0.25, 0.3) is 32.6 Å². The number of nitrogens with one attached hydrogen (secondary N) is 2. The molecule has 2 amide bonds. The van der Waals surface area contributed by atoms with Gasteiger partial charge in [0.15, 0.2) is 0 Å². The minimum absolute atomic E-state index is 0.235. The van der Waals surface area contributed by atoms with Crippen molar-refractivity contribution >= 4 is 56.5 Å². The van der Waals surface area contributed by atoms with Crippen LogP contribution >= 0.6 is 22.9 Å². The first kappa shape index (κ1) is 22.5. The molecule has 0 unspecified atom stereocenters. The van der Waals surface area contributed by atoms with Gasteiger partial charge in [0.05, 0.1) is 21.5 Å². The largest absolute Gasteiger partial charge is 0.478 e. The maximum atomic E-state index is 12.3. The number of rotatable bonds is 5. The summed E-state index contributed by atoms with van der Waals surface area (Å²) in [7, 11) is 0. The van der Waals surface area contributed by atoms with E-state index in [1.807, 2.05) is 17.5 Å². The van der Waals surface area contributed by atoms with Crippen LogP contribution in [0.15, 0.2) is 84.5 Å². The monoisotopic (exact) mass is 500 g/mol. The van der Waals surface area contributed by atoms with Crippen LogP contribution in [-0.4, -0.2) is 27.1 Å². The topological polar surface area (TPSA) is 104 Å². The summed E-state index contributed by atoms with van der Waals surface area (Å²) < 4.78 is 0.921. The standard InChI is InChI=1S/C26H17ClN4O3S/c27-18-2-1-3-20(12-18)31-26(34)30-19-10-8-16(9-11-19)22-24-23(29-14-28-22)21(13-35-24)15-4-6-17(7-5-15)25(32)33/h1-14H,(H,32,33)(H2,30,31,34). The molecule has 3 N–H and O–H groups in total. The van der Waals surface area contributed by atoms with Gasteiger partial charge in [-0.15, -0.1) is 11.3 Å². The van der Waals surface area contributed by atoms with Crippen molar-refractivity contribution in [3.05, 3.63) is 95.1 Å². The average molecular weight is 501 g/mol. The van der Waals surface area contributed by atoms with Gasteiger partial charge < -0.3 is 15.7 Å². The third kappa shape index (κ3) is 4.84. The van der Waals surface area contributed by atoms with Crippen molar-refractivity contribution in [2.45, 2.75) is 0 Å². The second kappa shape index (κ2) is 9.54. The molecule has 0 saturated carbocycles. The van der Waals surface area contributed by atoms with Crippen molar-refractivity contribution in [2.75, 3.05) is 10.6 Å². The quantitative estimate of drug-likeness (QED) is 0.240. The van der Waals surface area contributed by atoms with Gasteiger partial charge in [-0.1, -0.05) is 41.9 Å². The lowest BCUT2D eigenvalue weighted by Gasteiger charge is -2.09. The molecule has 0 radical (unpaired) electrons. The lowest BCUT2D eigenvalue weighted by Crippen LogP contribution is -2.19. The zero-order chi connectivity index (χ0) is 24.4. The van der Waals surface area contributed by atoms with E-state index in [9.17, 15) is 9.59 Å². The van der Waals surface area contributed by atoms with E-state index >= 15 is 0 Å². The van der Waals surface area contributed by atoms with Crippen molar-refractivity contribution in [1.29, 1.82) is 0 Å². The smallest absolute Gasteiger partial charge is 0.335 e. The Bertz CT molecular complexity index is 1550. The molecule has 0 saturated heterocycles. The maximum absolute atomic E-state index is 12.3. The Morgan fingerprint density at radius 2 is 1.57 bits per heavy atom. The number of hydrogen-bond acceptors (Lipinski definition) is 5. The fourth-order valence-corrected chi connectivity index (χ4v) is 4.85. The van der Waals surface area contributed by atoms with Gasteiger partial charge in [0.1, 0.15) is 6.33 Å². The number of thiophene rings is 1. The van der Waals surface area contributed by atoms with Crippen LogP contribution in [0, 0.1) is 0 Å². The lowest BCUT2D eigenvalue weighted by molar-refractivity contribution is 0.0697. The van der Waals surface area contributed by atoms with E-state index in [2.05, 4.69) is 20.6 Å². The molecule has 5 rings (SSSR count). The molecule has 9 heteroatoms. The molecule has 7 nitrogen and oxygen atoms in total. The third-order valence-electron chi connectivity index (χ3n) is 5.30. The van der Waals surface area contributed by atoms with Crippen LogP contribution in [0.4, 0.5) is 16.2 Å². The molecule has 2 aromatic heterocycles. The lowest BCUT2D eigenvalue weighted by atomic mass is 10.0. The number of nitrogens with zero attached hydrogens (tertiary/aromatic N) is 2. The van der Waals surface area contributed by atoms with Gasteiger partial charge >= 0.3 is 12.0 Å². The minimum Gasteiger partial charge on any atom is -0.478 e. The number of anilines is 2. The van der Waals surface area contributed by atoms with E-state index in [4.69, 9.17) is 16.7 Å². The Labute approximate surface area is 209 Å². The van der Waals surface area contributed by atoms with Gasteiger partial charge in [0.2, 0.25) is 0 Å². The number of urea groups is 1. The molecule has 0 spiro atoms. The van der Waals surface area contributed by atoms with Gasteiger partial charge in [0.25, 0.3) is 0 Å². The van der Waals surface area contributed by atoms with E-state index in [0.717, 1.165) is 32.6 Å². The summed E-state index contributed by atoms with van der Waals surface area (Å²) in [5.74, 6) is -0.962. The van der Waals surface area contributed by atoms with Crippen LogP contribution in [-0.2, 0) is 0 Å². The summed E-state index contributed by atoms with van der Waals surface area (Å²) in [4.78, 5) is 32.4. The highest BCUT2D eigenvalue weighted by atomic mass is 35.5. The first-order valence-corrected chi connectivity index (χ1v) is 11.7. The third-order valence-corrected chi connectivity index (χ3v) is 6.51. The zero-order valence-electron chi connectivity index (χ0n) is 18.0. The van der Waals surface area contributed by atoms with E-state index in [1.54, 1.807) is 60.7 Å². The molecule has 0 aliphatic carbocycles. The molecular weight excluding hydrogens is 484 g/mol. The van der Waals surface area contributed by atoms with Crippen LogP contribution in [0.2, 0.25) is 5.02 Å². The Kier molecular flexibility index (Phi) is 6.13. The molecule has 35 heavy (non-hydrogen) atoms. The molecule has 3 aromatic carbocycles. The van der Waals surface area contributed by atoms with Crippen LogP contribution in [0.3, 0.4) is 0 Å². The predicted molar refractivity (Wildman–Crippen MR) is 139 cm³/mol. The number of fused-ring (bicyclic) bond motifs is 1. The van der Waals surface area contributed by atoms with E-state index in [1.165, 1.54) is 17.7 Å². The number of carbonyl (C=O) groups is 2. The highest BCUT2D eigenvalue weighted by molar-refractivity contribution is 7.18. The first-order valence-electron chi connectivity index (χ1n) is 10.5.